The molecule has 1 aliphatic heterocycles. The first-order valence-electron chi connectivity index (χ1n) is 7.98. The monoisotopic (exact) mass is 385 g/mol. The van der Waals surface area contributed by atoms with Crippen molar-refractivity contribution in [2.24, 2.45) is 0 Å². The average Bonchev–Trinajstić information content (AvgIpc) is 2.96. The van der Waals surface area contributed by atoms with Gasteiger partial charge < -0.3 is 4.90 Å². The zero-order valence-electron chi connectivity index (χ0n) is 14.0. The minimum atomic E-state index is -5.31. The van der Waals surface area contributed by atoms with Crippen LogP contribution in [0.1, 0.15) is 12.5 Å². The van der Waals surface area contributed by atoms with Crippen LogP contribution in [0.4, 0.5) is 18.9 Å². The lowest BCUT2D eigenvalue weighted by molar-refractivity contribution is -0.0436. The van der Waals surface area contributed by atoms with Crippen LogP contribution in [0.5, 0.6) is 0 Å². The van der Waals surface area contributed by atoms with Crippen molar-refractivity contribution in [1.29, 1.82) is 0 Å². The maximum absolute atomic E-state index is 12.6. The minimum absolute atomic E-state index is 0.252. The number of pyridine rings is 1. The Hall–Kier alpha value is -2.13. The van der Waals surface area contributed by atoms with E-state index in [4.69, 9.17) is 0 Å². The molecule has 2 heterocycles. The molecule has 0 radical (unpaired) electrons. The number of alkyl halides is 3. The van der Waals surface area contributed by atoms with E-state index in [9.17, 15) is 21.6 Å². The Morgan fingerprint density at radius 2 is 1.73 bits per heavy atom. The van der Waals surface area contributed by atoms with E-state index in [0.717, 1.165) is 24.2 Å². The highest BCUT2D eigenvalue weighted by atomic mass is 32.2. The number of hydrogen-bond donors (Lipinski definition) is 0. The molecule has 0 N–H and O–H groups in total. The van der Waals surface area contributed by atoms with Gasteiger partial charge in [0.05, 0.1) is 11.6 Å². The standard InChI is InChI=1S/C17H18F3N3O2S/c1-13-10-23(12-22(13)11-14-6-8-21-9-7-14)15-2-4-16(5-3-15)26(24,25)17(18,19)20/h2-9,13H,10-12H2,1H3/t13-/m0/s1. The van der Waals surface area contributed by atoms with Gasteiger partial charge in [0.2, 0.25) is 0 Å². The first kappa shape index (κ1) is 18.7. The molecule has 0 amide bonds. The zero-order valence-corrected chi connectivity index (χ0v) is 14.8. The van der Waals surface area contributed by atoms with Gasteiger partial charge in [-0.2, -0.15) is 13.2 Å². The highest BCUT2D eigenvalue weighted by molar-refractivity contribution is 7.92. The van der Waals surface area contributed by atoms with Gasteiger partial charge in [-0.25, -0.2) is 8.42 Å². The first-order valence-corrected chi connectivity index (χ1v) is 9.46. The Kier molecular flexibility index (Phi) is 4.94. The van der Waals surface area contributed by atoms with Gasteiger partial charge in [-0.15, -0.1) is 0 Å². The van der Waals surface area contributed by atoms with Gasteiger partial charge in [0.1, 0.15) is 0 Å². The lowest BCUT2D eigenvalue weighted by atomic mass is 10.2. The quantitative estimate of drug-likeness (QED) is 0.810. The van der Waals surface area contributed by atoms with Crippen LogP contribution in [0.2, 0.25) is 0 Å². The summed E-state index contributed by atoms with van der Waals surface area (Å²) in [5, 5.41) is 0. The molecule has 0 bridgehead atoms. The predicted molar refractivity (Wildman–Crippen MR) is 91.1 cm³/mol. The summed E-state index contributed by atoms with van der Waals surface area (Å²) in [5.74, 6) is 0. The van der Waals surface area contributed by atoms with Crippen molar-refractivity contribution in [2.75, 3.05) is 18.1 Å². The number of benzene rings is 1. The van der Waals surface area contributed by atoms with Gasteiger partial charge in [0.25, 0.3) is 9.84 Å². The van der Waals surface area contributed by atoms with E-state index < -0.39 is 20.2 Å². The molecular formula is C17H18F3N3O2S. The van der Waals surface area contributed by atoms with Gasteiger partial charge in [-0.1, -0.05) is 0 Å². The summed E-state index contributed by atoms with van der Waals surface area (Å²) in [5.41, 5.74) is -3.48. The zero-order chi connectivity index (χ0) is 18.9. The van der Waals surface area contributed by atoms with Crippen LogP contribution in [0.25, 0.3) is 0 Å². The summed E-state index contributed by atoms with van der Waals surface area (Å²) in [4.78, 5) is 7.49. The van der Waals surface area contributed by atoms with E-state index in [1.807, 2.05) is 17.0 Å². The van der Waals surface area contributed by atoms with E-state index in [1.165, 1.54) is 12.1 Å². The molecule has 1 atom stereocenters. The molecule has 0 saturated carbocycles. The highest BCUT2D eigenvalue weighted by Crippen LogP contribution is 2.32. The van der Waals surface area contributed by atoms with E-state index in [-0.39, 0.29) is 6.04 Å². The summed E-state index contributed by atoms with van der Waals surface area (Å²) >= 11 is 0. The van der Waals surface area contributed by atoms with Crippen LogP contribution in [0.3, 0.4) is 0 Å². The number of nitrogens with zero attached hydrogens (tertiary/aromatic N) is 3. The Balaban J connectivity index is 1.73. The van der Waals surface area contributed by atoms with Crippen LogP contribution in [-0.4, -0.2) is 43.1 Å². The van der Waals surface area contributed by atoms with Crippen molar-refractivity contribution in [2.45, 2.75) is 29.9 Å². The molecule has 0 unspecified atom stereocenters. The second kappa shape index (κ2) is 6.88. The van der Waals surface area contributed by atoms with Crippen LogP contribution < -0.4 is 4.90 Å². The molecular weight excluding hydrogens is 367 g/mol. The average molecular weight is 385 g/mol. The van der Waals surface area contributed by atoms with Gasteiger partial charge in [0.15, 0.2) is 0 Å². The van der Waals surface area contributed by atoms with Crippen molar-refractivity contribution in [3.63, 3.8) is 0 Å². The van der Waals surface area contributed by atoms with Crippen molar-refractivity contribution < 1.29 is 21.6 Å². The van der Waals surface area contributed by atoms with Crippen molar-refractivity contribution in [3.8, 4) is 0 Å². The van der Waals surface area contributed by atoms with Crippen molar-refractivity contribution in [3.05, 3.63) is 54.4 Å². The number of halogens is 3. The third-order valence-corrected chi connectivity index (χ3v) is 5.91. The van der Waals surface area contributed by atoms with Gasteiger partial charge >= 0.3 is 5.51 Å². The summed E-state index contributed by atoms with van der Waals surface area (Å²) < 4.78 is 60.7. The smallest absolute Gasteiger partial charge is 0.357 e. The van der Waals surface area contributed by atoms with E-state index in [1.54, 1.807) is 12.4 Å². The molecule has 1 aromatic heterocycles. The minimum Gasteiger partial charge on any atom is -0.357 e. The fraction of sp³-hybridized carbons (Fsp3) is 0.353. The largest absolute Gasteiger partial charge is 0.501 e. The molecule has 0 aliphatic carbocycles. The summed E-state index contributed by atoms with van der Waals surface area (Å²) in [6, 6.07) is 8.98. The third kappa shape index (κ3) is 3.68. The second-order valence-corrected chi connectivity index (χ2v) is 8.20. The first-order chi connectivity index (χ1) is 12.2. The van der Waals surface area contributed by atoms with Crippen LogP contribution in [-0.2, 0) is 16.4 Å². The summed E-state index contributed by atoms with van der Waals surface area (Å²) in [6.07, 6.45) is 3.46. The lowest BCUT2D eigenvalue weighted by Gasteiger charge is -2.21. The van der Waals surface area contributed by atoms with Crippen LogP contribution in [0.15, 0.2) is 53.7 Å². The molecule has 0 spiro atoms. The molecule has 1 aromatic carbocycles. The normalized spacial score (nSPS) is 19.1. The molecule has 140 valence electrons. The molecule has 5 nitrogen and oxygen atoms in total. The molecule has 3 rings (SSSR count). The maximum Gasteiger partial charge on any atom is 0.501 e. The fourth-order valence-electron chi connectivity index (χ4n) is 2.94. The molecule has 9 heteroatoms. The molecule has 26 heavy (non-hydrogen) atoms. The van der Waals surface area contributed by atoms with E-state index in [2.05, 4.69) is 16.8 Å². The molecule has 1 saturated heterocycles. The SMILES string of the molecule is C[C@H]1CN(c2ccc(S(=O)(=O)C(F)(F)F)cc2)CN1Cc1ccncc1. The Morgan fingerprint density at radius 3 is 2.31 bits per heavy atom. The van der Waals surface area contributed by atoms with E-state index >= 15 is 0 Å². The molecule has 2 aromatic rings. The maximum atomic E-state index is 12.6. The summed E-state index contributed by atoms with van der Waals surface area (Å²) in [6.45, 7) is 4.12. The Labute approximate surface area is 150 Å². The highest BCUT2D eigenvalue weighted by Gasteiger charge is 2.46. The van der Waals surface area contributed by atoms with E-state index in [0.29, 0.717) is 18.9 Å². The number of hydrogen-bond acceptors (Lipinski definition) is 5. The van der Waals surface area contributed by atoms with Crippen molar-refractivity contribution >= 4 is 15.5 Å². The fourth-order valence-corrected chi connectivity index (χ4v) is 3.70. The van der Waals surface area contributed by atoms with Crippen LogP contribution in [0, 0.1) is 0 Å². The topological polar surface area (TPSA) is 53.5 Å². The Bertz CT molecular complexity index is 855. The lowest BCUT2D eigenvalue weighted by Crippen LogP contribution is -2.28. The number of sulfone groups is 1. The predicted octanol–water partition coefficient (Wildman–Crippen LogP) is 3.04. The Morgan fingerprint density at radius 1 is 1.12 bits per heavy atom. The summed E-state index contributed by atoms with van der Waals surface area (Å²) in [7, 11) is -5.31. The van der Waals surface area contributed by atoms with Crippen LogP contribution >= 0.6 is 0 Å². The second-order valence-electron chi connectivity index (χ2n) is 6.26. The number of rotatable bonds is 4. The third-order valence-electron chi connectivity index (χ3n) is 4.41. The molecule has 1 aliphatic rings. The number of anilines is 1. The number of aromatic nitrogens is 1. The molecule has 1 fully saturated rings. The van der Waals surface area contributed by atoms with Crippen molar-refractivity contribution in [1.82, 2.24) is 9.88 Å². The van der Waals surface area contributed by atoms with Gasteiger partial charge in [-0.05, 0) is 48.9 Å². The van der Waals surface area contributed by atoms with Gasteiger partial charge in [0, 0.05) is 37.2 Å². The van der Waals surface area contributed by atoms with Gasteiger partial charge in [-0.3, -0.25) is 9.88 Å².